The molecular weight excluding hydrogens is 296 g/mol. The van der Waals surface area contributed by atoms with Crippen LogP contribution in [0.3, 0.4) is 0 Å². The minimum Gasteiger partial charge on any atom is -0.506 e. The number of rotatable bonds is 3. The van der Waals surface area contributed by atoms with E-state index in [0.717, 1.165) is 32.1 Å². The van der Waals surface area contributed by atoms with Gasteiger partial charge in [-0.2, -0.15) is 0 Å². The number of hydrogen-bond donors (Lipinski definition) is 3. The number of aromatic hydroxyl groups is 1. The van der Waals surface area contributed by atoms with Gasteiger partial charge in [-0.25, -0.2) is 0 Å². The molecule has 1 aliphatic rings. The van der Waals surface area contributed by atoms with Gasteiger partial charge in [0.25, 0.3) is 5.91 Å². The van der Waals surface area contributed by atoms with Gasteiger partial charge in [0.1, 0.15) is 5.75 Å². The van der Waals surface area contributed by atoms with E-state index in [1.165, 1.54) is 18.2 Å². The number of benzene rings is 1. The predicted octanol–water partition coefficient (Wildman–Crippen LogP) is 2.76. The van der Waals surface area contributed by atoms with Crippen molar-refractivity contribution in [3.05, 3.63) is 28.8 Å². The molecule has 1 aromatic rings. The Morgan fingerprint density at radius 1 is 1.35 bits per heavy atom. The van der Waals surface area contributed by atoms with Crippen molar-refractivity contribution in [2.24, 2.45) is 5.73 Å². The number of phenols is 1. The first-order valence-corrected chi connectivity index (χ1v) is 7.34. The second kappa shape index (κ2) is 5.97. The SMILES string of the molecule is NC(=S)C1(NC(=O)c2ccc(O)c(Cl)c2)CCCCC1. The van der Waals surface area contributed by atoms with Crippen LogP contribution < -0.4 is 11.1 Å². The topological polar surface area (TPSA) is 75.3 Å². The molecule has 6 heteroatoms. The molecule has 2 rings (SSSR count). The lowest BCUT2D eigenvalue weighted by molar-refractivity contribution is 0.0908. The van der Waals surface area contributed by atoms with Crippen molar-refractivity contribution >= 4 is 34.7 Å². The molecule has 0 atom stereocenters. The van der Waals surface area contributed by atoms with Gasteiger partial charge in [-0.3, -0.25) is 4.79 Å². The van der Waals surface area contributed by atoms with Gasteiger partial charge in [0.15, 0.2) is 0 Å². The van der Waals surface area contributed by atoms with E-state index in [9.17, 15) is 9.90 Å². The Balaban J connectivity index is 2.20. The van der Waals surface area contributed by atoms with Crippen molar-refractivity contribution in [2.75, 3.05) is 0 Å². The highest BCUT2D eigenvalue weighted by atomic mass is 35.5. The number of nitrogens with two attached hydrogens (primary N) is 1. The number of halogens is 1. The first kappa shape index (κ1) is 15.1. The summed E-state index contributed by atoms with van der Waals surface area (Å²) in [6.45, 7) is 0. The van der Waals surface area contributed by atoms with Crippen LogP contribution in [0.1, 0.15) is 42.5 Å². The molecule has 108 valence electrons. The molecule has 4 nitrogen and oxygen atoms in total. The van der Waals surface area contributed by atoms with Crippen molar-refractivity contribution in [2.45, 2.75) is 37.6 Å². The summed E-state index contributed by atoms with van der Waals surface area (Å²) in [5.41, 5.74) is 5.61. The summed E-state index contributed by atoms with van der Waals surface area (Å²) in [6.07, 6.45) is 4.65. The van der Waals surface area contributed by atoms with Crippen LogP contribution in [0.2, 0.25) is 5.02 Å². The largest absolute Gasteiger partial charge is 0.506 e. The average Bonchev–Trinajstić information content (AvgIpc) is 2.42. The van der Waals surface area contributed by atoms with E-state index in [0.29, 0.717) is 10.6 Å². The lowest BCUT2D eigenvalue weighted by atomic mass is 9.81. The Kier molecular flexibility index (Phi) is 4.50. The molecule has 1 amide bonds. The predicted molar refractivity (Wildman–Crippen MR) is 83.2 cm³/mol. The van der Waals surface area contributed by atoms with E-state index in [-0.39, 0.29) is 16.7 Å². The molecule has 1 saturated carbocycles. The van der Waals surface area contributed by atoms with Crippen molar-refractivity contribution in [3.63, 3.8) is 0 Å². The van der Waals surface area contributed by atoms with Gasteiger partial charge in [0, 0.05) is 5.56 Å². The molecule has 1 fully saturated rings. The summed E-state index contributed by atoms with van der Waals surface area (Å²) in [5.74, 6) is -0.327. The second-order valence-corrected chi connectivity index (χ2v) is 5.97. The van der Waals surface area contributed by atoms with E-state index in [1.807, 2.05) is 0 Å². The van der Waals surface area contributed by atoms with Crippen LogP contribution >= 0.6 is 23.8 Å². The van der Waals surface area contributed by atoms with Gasteiger partial charge in [0.05, 0.1) is 15.6 Å². The Bertz CT molecular complexity index is 542. The standard InChI is InChI=1S/C14H17ClN2O2S/c15-10-8-9(4-5-11(10)18)12(19)17-14(13(16)20)6-2-1-3-7-14/h4-5,8,18H,1-3,6-7H2,(H2,16,20)(H,17,19). The van der Waals surface area contributed by atoms with Crippen LogP contribution in [0.15, 0.2) is 18.2 Å². The molecule has 0 unspecified atom stereocenters. The van der Waals surface area contributed by atoms with Crippen LogP contribution in [-0.2, 0) is 0 Å². The van der Waals surface area contributed by atoms with E-state index in [1.54, 1.807) is 0 Å². The minimum absolute atomic E-state index is 0.0510. The van der Waals surface area contributed by atoms with E-state index >= 15 is 0 Å². The first-order valence-electron chi connectivity index (χ1n) is 6.55. The van der Waals surface area contributed by atoms with E-state index in [2.05, 4.69) is 5.32 Å². The maximum atomic E-state index is 12.3. The van der Waals surface area contributed by atoms with Gasteiger partial charge in [-0.15, -0.1) is 0 Å². The Morgan fingerprint density at radius 2 is 2.00 bits per heavy atom. The van der Waals surface area contributed by atoms with Crippen LogP contribution in [0.5, 0.6) is 5.75 Å². The summed E-state index contributed by atoms with van der Waals surface area (Å²) in [7, 11) is 0. The molecule has 0 saturated heterocycles. The maximum absolute atomic E-state index is 12.3. The Labute approximate surface area is 128 Å². The molecule has 0 aromatic heterocycles. The minimum atomic E-state index is -0.602. The van der Waals surface area contributed by atoms with Crippen LogP contribution in [0, 0.1) is 0 Å². The summed E-state index contributed by atoms with van der Waals surface area (Å²) in [6, 6.07) is 4.35. The molecule has 0 heterocycles. The molecule has 4 N–H and O–H groups in total. The summed E-state index contributed by atoms with van der Waals surface area (Å²) in [5, 5.41) is 12.5. The monoisotopic (exact) mass is 312 g/mol. The lowest BCUT2D eigenvalue weighted by Gasteiger charge is -2.37. The number of hydrogen-bond acceptors (Lipinski definition) is 3. The lowest BCUT2D eigenvalue weighted by Crippen LogP contribution is -2.57. The normalized spacial score (nSPS) is 17.4. The highest BCUT2D eigenvalue weighted by molar-refractivity contribution is 7.80. The summed E-state index contributed by atoms with van der Waals surface area (Å²) < 4.78 is 0. The fourth-order valence-electron chi connectivity index (χ4n) is 2.53. The molecular formula is C14H17ClN2O2S. The number of carbonyl (C=O) groups is 1. The first-order chi connectivity index (χ1) is 9.44. The van der Waals surface area contributed by atoms with Crippen molar-refractivity contribution < 1.29 is 9.90 Å². The third kappa shape index (κ3) is 3.04. The van der Waals surface area contributed by atoms with E-state index < -0.39 is 5.54 Å². The number of amides is 1. The molecule has 20 heavy (non-hydrogen) atoms. The molecule has 0 bridgehead atoms. The highest BCUT2D eigenvalue weighted by Crippen LogP contribution is 2.29. The van der Waals surface area contributed by atoms with E-state index in [4.69, 9.17) is 29.6 Å². The van der Waals surface area contributed by atoms with Crippen LogP contribution in [0.25, 0.3) is 0 Å². The van der Waals surface area contributed by atoms with Crippen molar-refractivity contribution in [1.82, 2.24) is 5.32 Å². The quantitative estimate of drug-likeness (QED) is 0.750. The fourth-order valence-corrected chi connectivity index (χ4v) is 2.96. The van der Waals surface area contributed by atoms with Gasteiger partial charge in [-0.1, -0.05) is 43.1 Å². The Morgan fingerprint density at radius 3 is 2.55 bits per heavy atom. The number of thiocarbonyl (C=S) groups is 1. The zero-order valence-electron chi connectivity index (χ0n) is 11.0. The molecule has 0 aliphatic heterocycles. The van der Waals surface area contributed by atoms with Gasteiger partial charge in [0.2, 0.25) is 0 Å². The zero-order chi connectivity index (χ0) is 14.8. The van der Waals surface area contributed by atoms with Gasteiger partial charge in [-0.05, 0) is 31.0 Å². The fraction of sp³-hybridized carbons (Fsp3) is 0.429. The Hall–Kier alpha value is -1.33. The van der Waals surface area contributed by atoms with Crippen LogP contribution in [-0.4, -0.2) is 21.5 Å². The molecule has 0 radical (unpaired) electrons. The van der Waals surface area contributed by atoms with Crippen molar-refractivity contribution in [1.29, 1.82) is 0 Å². The third-order valence-corrected chi connectivity index (χ3v) is 4.43. The summed E-state index contributed by atoms with van der Waals surface area (Å²) in [4.78, 5) is 12.6. The van der Waals surface area contributed by atoms with Crippen molar-refractivity contribution in [3.8, 4) is 5.75 Å². The average molecular weight is 313 g/mol. The molecule has 1 aromatic carbocycles. The number of carbonyl (C=O) groups excluding carboxylic acids is 1. The molecule has 1 aliphatic carbocycles. The van der Waals surface area contributed by atoms with Crippen LogP contribution in [0.4, 0.5) is 0 Å². The maximum Gasteiger partial charge on any atom is 0.252 e. The second-order valence-electron chi connectivity index (χ2n) is 5.13. The van der Waals surface area contributed by atoms with Gasteiger partial charge >= 0.3 is 0 Å². The zero-order valence-corrected chi connectivity index (χ0v) is 12.6. The smallest absolute Gasteiger partial charge is 0.252 e. The number of nitrogens with one attached hydrogen (secondary N) is 1. The highest BCUT2D eigenvalue weighted by Gasteiger charge is 2.36. The van der Waals surface area contributed by atoms with Gasteiger partial charge < -0.3 is 16.2 Å². The third-order valence-electron chi connectivity index (χ3n) is 3.74. The summed E-state index contributed by atoms with van der Waals surface area (Å²) >= 11 is 11.0. The molecule has 0 spiro atoms. The number of phenolic OH excluding ortho intramolecular Hbond substituents is 1.